The van der Waals surface area contributed by atoms with Gasteiger partial charge in [-0.3, -0.25) is 4.79 Å². The molecule has 0 spiro atoms. The second kappa shape index (κ2) is 5.15. The fourth-order valence-corrected chi connectivity index (χ4v) is 2.89. The van der Waals surface area contributed by atoms with Gasteiger partial charge >= 0.3 is 5.56 Å². The zero-order valence-corrected chi connectivity index (χ0v) is 12.4. The Kier molecular flexibility index (Phi) is 3.45. The van der Waals surface area contributed by atoms with Crippen LogP contribution in [0.5, 0.6) is 5.88 Å². The molecule has 0 aliphatic carbocycles. The van der Waals surface area contributed by atoms with Crippen molar-refractivity contribution in [2.24, 2.45) is 0 Å². The van der Waals surface area contributed by atoms with Crippen LogP contribution in [0.25, 0.3) is 11.0 Å². The summed E-state index contributed by atoms with van der Waals surface area (Å²) >= 11 is 0. The molecule has 1 aromatic carbocycles. The quantitative estimate of drug-likeness (QED) is 0.872. The van der Waals surface area contributed by atoms with Gasteiger partial charge < -0.3 is 14.4 Å². The van der Waals surface area contributed by atoms with Crippen molar-refractivity contribution in [1.82, 2.24) is 9.55 Å². The van der Waals surface area contributed by atoms with Gasteiger partial charge in [0.25, 0.3) is 5.88 Å². The van der Waals surface area contributed by atoms with E-state index >= 15 is 0 Å². The SMILES string of the molecule is CC1(C)CCn2c(=O)c(OCCCO)nc3cccc1c32. The minimum atomic E-state index is -0.177. The lowest BCUT2D eigenvalue weighted by atomic mass is 9.79. The Labute approximate surface area is 123 Å². The van der Waals surface area contributed by atoms with Crippen molar-refractivity contribution in [2.75, 3.05) is 13.2 Å². The first-order valence-corrected chi connectivity index (χ1v) is 7.32. The predicted octanol–water partition coefficient (Wildman–Crippen LogP) is 1.84. The highest BCUT2D eigenvalue weighted by atomic mass is 16.5. The van der Waals surface area contributed by atoms with Crippen molar-refractivity contribution < 1.29 is 9.84 Å². The summed E-state index contributed by atoms with van der Waals surface area (Å²) in [6, 6.07) is 5.96. The molecule has 0 saturated heterocycles. The molecule has 2 heterocycles. The maximum absolute atomic E-state index is 12.5. The van der Waals surface area contributed by atoms with Gasteiger partial charge in [-0.25, -0.2) is 4.98 Å². The maximum atomic E-state index is 12.5. The number of benzene rings is 1. The summed E-state index contributed by atoms with van der Waals surface area (Å²) in [4.78, 5) is 16.9. The number of para-hydroxylation sites is 1. The van der Waals surface area contributed by atoms with Crippen LogP contribution in [-0.2, 0) is 12.0 Å². The highest BCUT2D eigenvalue weighted by Gasteiger charge is 2.30. The van der Waals surface area contributed by atoms with Crippen molar-refractivity contribution in [2.45, 2.75) is 38.6 Å². The second-order valence-electron chi connectivity index (χ2n) is 6.11. The van der Waals surface area contributed by atoms with Gasteiger partial charge in [-0.15, -0.1) is 0 Å². The van der Waals surface area contributed by atoms with Crippen LogP contribution in [0.4, 0.5) is 0 Å². The monoisotopic (exact) mass is 288 g/mol. The lowest BCUT2D eigenvalue weighted by Crippen LogP contribution is -2.33. The van der Waals surface area contributed by atoms with Crippen molar-refractivity contribution in [3.8, 4) is 5.88 Å². The summed E-state index contributed by atoms with van der Waals surface area (Å²) in [6.07, 6.45) is 1.41. The molecule has 112 valence electrons. The Bertz CT molecular complexity index is 734. The molecule has 3 rings (SSSR count). The Morgan fingerprint density at radius 3 is 3.00 bits per heavy atom. The van der Waals surface area contributed by atoms with E-state index in [0.29, 0.717) is 19.6 Å². The molecule has 1 aromatic heterocycles. The molecule has 1 aliphatic heterocycles. The third-order valence-electron chi connectivity index (χ3n) is 4.17. The van der Waals surface area contributed by atoms with Crippen LogP contribution in [0.15, 0.2) is 23.0 Å². The van der Waals surface area contributed by atoms with Gasteiger partial charge in [-0.05, 0) is 23.5 Å². The second-order valence-corrected chi connectivity index (χ2v) is 6.11. The van der Waals surface area contributed by atoms with Crippen LogP contribution in [0.3, 0.4) is 0 Å². The number of hydrogen-bond donors (Lipinski definition) is 1. The van der Waals surface area contributed by atoms with Crippen molar-refractivity contribution in [3.63, 3.8) is 0 Å². The molecule has 21 heavy (non-hydrogen) atoms. The van der Waals surface area contributed by atoms with E-state index in [-0.39, 0.29) is 23.5 Å². The summed E-state index contributed by atoms with van der Waals surface area (Å²) in [5.41, 5.74) is 2.75. The molecule has 1 N–H and O–H groups in total. The maximum Gasteiger partial charge on any atom is 0.313 e. The summed E-state index contributed by atoms with van der Waals surface area (Å²) in [5, 5.41) is 8.81. The Hall–Kier alpha value is -1.88. The smallest absolute Gasteiger partial charge is 0.313 e. The number of aliphatic hydroxyl groups is 1. The van der Waals surface area contributed by atoms with Crippen LogP contribution in [0.1, 0.15) is 32.3 Å². The van der Waals surface area contributed by atoms with Gasteiger partial charge in [-0.1, -0.05) is 26.0 Å². The Morgan fingerprint density at radius 2 is 2.24 bits per heavy atom. The van der Waals surface area contributed by atoms with E-state index in [0.717, 1.165) is 23.0 Å². The summed E-state index contributed by atoms with van der Waals surface area (Å²) in [7, 11) is 0. The summed E-state index contributed by atoms with van der Waals surface area (Å²) in [6.45, 7) is 5.41. The minimum Gasteiger partial charge on any atom is -0.474 e. The number of aryl methyl sites for hydroxylation is 1. The molecule has 0 atom stereocenters. The normalized spacial score (nSPS) is 16.1. The first-order chi connectivity index (χ1) is 10.0. The molecule has 0 fully saturated rings. The number of aromatic nitrogens is 2. The molecule has 0 amide bonds. The molecular weight excluding hydrogens is 268 g/mol. The van der Waals surface area contributed by atoms with E-state index in [4.69, 9.17) is 9.84 Å². The van der Waals surface area contributed by atoms with Crippen LogP contribution in [0, 0.1) is 0 Å². The number of hydrogen-bond acceptors (Lipinski definition) is 4. The van der Waals surface area contributed by atoms with Crippen molar-refractivity contribution in [1.29, 1.82) is 0 Å². The number of rotatable bonds is 4. The molecule has 0 unspecified atom stereocenters. The molecule has 2 aromatic rings. The Balaban J connectivity index is 2.17. The van der Waals surface area contributed by atoms with Gasteiger partial charge in [0.1, 0.15) is 0 Å². The van der Waals surface area contributed by atoms with Crippen molar-refractivity contribution >= 4 is 11.0 Å². The molecule has 1 aliphatic rings. The summed E-state index contributed by atoms with van der Waals surface area (Å²) < 4.78 is 7.21. The highest BCUT2D eigenvalue weighted by molar-refractivity contribution is 5.80. The standard InChI is InChI=1S/C16H20N2O3/c1-16(2)7-8-18-13-11(16)5-3-6-12(13)17-14(15(18)20)21-10-4-9-19/h3,5-6,19H,4,7-10H2,1-2H3. The molecule has 0 saturated carbocycles. The van der Waals surface area contributed by atoms with Crippen molar-refractivity contribution in [3.05, 3.63) is 34.1 Å². The lowest BCUT2D eigenvalue weighted by Gasteiger charge is -2.32. The van der Waals surface area contributed by atoms with Gasteiger partial charge in [0.15, 0.2) is 0 Å². The third-order valence-corrected chi connectivity index (χ3v) is 4.17. The van der Waals surface area contributed by atoms with E-state index in [1.165, 1.54) is 0 Å². The minimum absolute atomic E-state index is 0.0418. The molecule has 0 radical (unpaired) electrons. The fraction of sp³-hybridized carbons (Fsp3) is 0.500. The number of ether oxygens (including phenoxy) is 1. The predicted molar refractivity (Wildman–Crippen MR) is 80.8 cm³/mol. The van der Waals surface area contributed by atoms with Crippen LogP contribution in [-0.4, -0.2) is 27.9 Å². The topological polar surface area (TPSA) is 64.3 Å². The third kappa shape index (κ3) is 2.31. The first kappa shape index (κ1) is 14.1. The average molecular weight is 288 g/mol. The average Bonchev–Trinajstić information content (AvgIpc) is 2.46. The van der Waals surface area contributed by atoms with Crippen LogP contribution >= 0.6 is 0 Å². The van der Waals surface area contributed by atoms with Crippen LogP contribution in [0.2, 0.25) is 0 Å². The van der Waals surface area contributed by atoms with E-state index in [2.05, 4.69) is 24.9 Å². The van der Waals surface area contributed by atoms with E-state index < -0.39 is 0 Å². The lowest BCUT2D eigenvalue weighted by molar-refractivity contribution is 0.226. The van der Waals surface area contributed by atoms with E-state index in [9.17, 15) is 4.79 Å². The largest absolute Gasteiger partial charge is 0.474 e. The highest BCUT2D eigenvalue weighted by Crippen LogP contribution is 2.36. The molecule has 5 heteroatoms. The number of aliphatic hydroxyl groups excluding tert-OH is 1. The van der Waals surface area contributed by atoms with Gasteiger partial charge in [0.05, 0.1) is 17.6 Å². The zero-order chi connectivity index (χ0) is 15.0. The fourth-order valence-electron chi connectivity index (χ4n) is 2.89. The summed E-state index contributed by atoms with van der Waals surface area (Å²) in [5.74, 6) is 0.132. The number of nitrogens with zero attached hydrogens (tertiary/aromatic N) is 2. The van der Waals surface area contributed by atoms with Gasteiger partial charge in [-0.2, -0.15) is 0 Å². The van der Waals surface area contributed by atoms with E-state index in [1.54, 1.807) is 4.57 Å². The Morgan fingerprint density at radius 1 is 1.43 bits per heavy atom. The molecular formula is C16H20N2O3. The first-order valence-electron chi connectivity index (χ1n) is 7.32. The molecule has 0 bridgehead atoms. The van der Waals surface area contributed by atoms with E-state index in [1.807, 2.05) is 12.1 Å². The van der Waals surface area contributed by atoms with Gasteiger partial charge in [0.2, 0.25) is 0 Å². The van der Waals surface area contributed by atoms with Crippen LogP contribution < -0.4 is 10.3 Å². The van der Waals surface area contributed by atoms with Gasteiger partial charge in [0, 0.05) is 19.6 Å². The molecule has 5 nitrogen and oxygen atoms in total. The zero-order valence-electron chi connectivity index (χ0n) is 12.4.